The summed E-state index contributed by atoms with van der Waals surface area (Å²) in [7, 11) is 0. The Morgan fingerprint density at radius 3 is 2.48 bits per heavy atom. The van der Waals surface area contributed by atoms with Gasteiger partial charge in [0.1, 0.15) is 11.6 Å². The van der Waals surface area contributed by atoms with Gasteiger partial charge in [0.25, 0.3) is 0 Å². The van der Waals surface area contributed by atoms with Gasteiger partial charge < -0.3 is 21.5 Å². The van der Waals surface area contributed by atoms with Gasteiger partial charge in [-0.1, -0.05) is 15.9 Å². The van der Waals surface area contributed by atoms with Gasteiger partial charge in [-0.2, -0.15) is 0 Å². The summed E-state index contributed by atoms with van der Waals surface area (Å²) in [6.07, 6.45) is -4.80. The van der Waals surface area contributed by atoms with Crippen molar-refractivity contribution in [3.63, 3.8) is 0 Å². The normalized spacial score (nSPS) is 11.2. The van der Waals surface area contributed by atoms with E-state index < -0.39 is 12.1 Å². The average Bonchev–Trinajstić information content (AvgIpc) is 2.35. The third kappa shape index (κ3) is 4.15. The zero-order chi connectivity index (χ0) is 15.6. The molecular formula is C12H10BrF3N4O. The van der Waals surface area contributed by atoms with Crippen molar-refractivity contribution in [3.05, 3.63) is 34.8 Å². The van der Waals surface area contributed by atoms with E-state index in [1.807, 2.05) is 0 Å². The van der Waals surface area contributed by atoms with Crippen LogP contribution in [0.4, 0.5) is 36.2 Å². The lowest BCUT2D eigenvalue weighted by Crippen LogP contribution is -2.18. The second-order valence-corrected chi connectivity index (χ2v) is 4.90. The van der Waals surface area contributed by atoms with Gasteiger partial charge in [-0.25, -0.2) is 4.98 Å². The van der Waals surface area contributed by atoms with Gasteiger partial charge in [-0.15, -0.1) is 13.2 Å². The largest absolute Gasteiger partial charge is 0.573 e. The number of hydrogen-bond donors (Lipinski definition) is 3. The van der Waals surface area contributed by atoms with Crippen LogP contribution in [0.15, 0.2) is 34.8 Å². The van der Waals surface area contributed by atoms with Crippen molar-refractivity contribution in [1.82, 2.24) is 4.98 Å². The predicted octanol–water partition coefficient (Wildman–Crippen LogP) is 3.65. The summed E-state index contributed by atoms with van der Waals surface area (Å²) in [6.45, 7) is 0. The summed E-state index contributed by atoms with van der Waals surface area (Å²) in [5, 5.41) is 2.70. The first-order valence-electron chi connectivity index (χ1n) is 5.59. The molecule has 0 atom stereocenters. The van der Waals surface area contributed by atoms with Gasteiger partial charge in [0.05, 0.1) is 11.4 Å². The first-order valence-corrected chi connectivity index (χ1v) is 6.38. The Hall–Kier alpha value is -2.16. The van der Waals surface area contributed by atoms with Crippen LogP contribution in [0.1, 0.15) is 0 Å². The van der Waals surface area contributed by atoms with Crippen molar-refractivity contribution in [2.45, 2.75) is 6.36 Å². The molecule has 0 saturated heterocycles. The maximum atomic E-state index is 12.4. The van der Waals surface area contributed by atoms with E-state index in [9.17, 15) is 13.2 Å². The molecule has 5 nitrogen and oxygen atoms in total. The third-order valence-electron chi connectivity index (χ3n) is 2.39. The number of nitrogen functional groups attached to an aromatic ring is 2. The first-order chi connectivity index (χ1) is 9.74. The number of halogens is 4. The van der Waals surface area contributed by atoms with Crippen molar-refractivity contribution >= 4 is 38.9 Å². The summed E-state index contributed by atoms with van der Waals surface area (Å²) < 4.78 is 41.6. The SMILES string of the molecule is Nc1ccc(Nc2ccc(Br)cc2OC(F)(F)F)nc1N. The van der Waals surface area contributed by atoms with Gasteiger partial charge in [0.2, 0.25) is 0 Å². The van der Waals surface area contributed by atoms with Crippen LogP contribution < -0.4 is 21.5 Å². The number of nitrogens with one attached hydrogen (secondary N) is 1. The van der Waals surface area contributed by atoms with Gasteiger partial charge in [-0.3, -0.25) is 0 Å². The quantitative estimate of drug-likeness (QED) is 0.775. The number of nitrogens with two attached hydrogens (primary N) is 2. The molecule has 1 aromatic heterocycles. The van der Waals surface area contributed by atoms with Gasteiger partial charge in [-0.05, 0) is 30.3 Å². The standard InChI is InChI=1S/C12H10BrF3N4O/c13-6-1-3-8(9(5-6)21-12(14,15)16)19-10-4-2-7(17)11(18)20-10/h1-5H,17H2,(H3,18,19,20). The van der Waals surface area contributed by atoms with E-state index in [2.05, 4.69) is 31.0 Å². The van der Waals surface area contributed by atoms with Crippen molar-refractivity contribution in [1.29, 1.82) is 0 Å². The molecule has 0 radical (unpaired) electrons. The molecular weight excluding hydrogens is 353 g/mol. The van der Waals surface area contributed by atoms with Crippen LogP contribution in [0.3, 0.4) is 0 Å². The first kappa shape index (κ1) is 15.2. The fourth-order valence-corrected chi connectivity index (χ4v) is 1.84. The fraction of sp³-hybridized carbons (Fsp3) is 0.0833. The maximum absolute atomic E-state index is 12.4. The lowest BCUT2D eigenvalue weighted by atomic mass is 10.3. The number of rotatable bonds is 3. The van der Waals surface area contributed by atoms with Crippen LogP contribution >= 0.6 is 15.9 Å². The van der Waals surface area contributed by atoms with E-state index in [-0.39, 0.29) is 23.0 Å². The van der Waals surface area contributed by atoms with E-state index >= 15 is 0 Å². The van der Waals surface area contributed by atoms with Crippen molar-refractivity contribution in [2.75, 3.05) is 16.8 Å². The van der Waals surface area contributed by atoms with Crippen LogP contribution in [-0.4, -0.2) is 11.3 Å². The molecule has 0 aliphatic heterocycles. The minimum Gasteiger partial charge on any atom is -0.404 e. The smallest absolute Gasteiger partial charge is 0.404 e. The van der Waals surface area contributed by atoms with E-state index in [0.717, 1.165) is 0 Å². The van der Waals surface area contributed by atoms with Crippen LogP contribution in [0.2, 0.25) is 0 Å². The molecule has 0 saturated carbocycles. The molecule has 9 heteroatoms. The van der Waals surface area contributed by atoms with Crippen LogP contribution in [0, 0.1) is 0 Å². The van der Waals surface area contributed by atoms with Gasteiger partial charge >= 0.3 is 6.36 Å². The van der Waals surface area contributed by atoms with Crippen molar-refractivity contribution in [3.8, 4) is 5.75 Å². The molecule has 2 aromatic rings. The van der Waals surface area contributed by atoms with Crippen molar-refractivity contribution in [2.24, 2.45) is 0 Å². The Morgan fingerprint density at radius 2 is 1.86 bits per heavy atom. The molecule has 0 aliphatic carbocycles. The summed E-state index contributed by atoms with van der Waals surface area (Å²) in [4.78, 5) is 3.92. The number of anilines is 4. The average molecular weight is 363 g/mol. The van der Waals surface area contributed by atoms with Crippen LogP contribution in [0.25, 0.3) is 0 Å². The molecule has 1 aromatic carbocycles. The number of alkyl halides is 3. The molecule has 0 bridgehead atoms. The number of benzene rings is 1. The molecule has 2 rings (SSSR count). The van der Waals surface area contributed by atoms with Crippen molar-refractivity contribution < 1.29 is 17.9 Å². The number of aromatic nitrogens is 1. The Morgan fingerprint density at radius 1 is 1.14 bits per heavy atom. The lowest BCUT2D eigenvalue weighted by Gasteiger charge is -2.15. The minimum atomic E-state index is -4.80. The highest BCUT2D eigenvalue weighted by atomic mass is 79.9. The zero-order valence-electron chi connectivity index (χ0n) is 10.4. The Labute approximate surface area is 126 Å². The molecule has 0 aliphatic rings. The van der Waals surface area contributed by atoms with Gasteiger partial charge in [0, 0.05) is 4.47 Å². The molecule has 1 heterocycles. The van der Waals surface area contributed by atoms with Crippen LogP contribution in [-0.2, 0) is 0 Å². The molecule has 21 heavy (non-hydrogen) atoms. The Bertz CT molecular complexity index is 663. The zero-order valence-corrected chi connectivity index (χ0v) is 12.0. The second-order valence-electron chi connectivity index (χ2n) is 3.98. The number of ether oxygens (including phenoxy) is 1. The molecule has 0 unspecified atom stereocenters. The van der Waals surface area contributed by atoms with E-state index in [0.29, 0.717) is 4.47 Å². The van der Waals surface area contributed by atoms with E-state index in [1.165, 1.54) is 24.3 Å². The Balaban J connectivity index is 2.32. The Kier molecular flexibility index (Phi) is 4.12. The number of pyridine rings is 1. The molecule has 0 spiro atoms. The molecule has 5 N–H and O–H groups in total. The third-order valence-corrected chi connectivity index (χ3v) is 2.88. The number of nitrogens with zero attached hydrogens (tertiary/aromatic N) is 1. The predicted molar refractivity (Wildman–Crippen MR) is 77.2 cm³/mol. The van der Waals surface area contributed by atoms with E-state index in [4.69, 9.17) is 11.5 Å². The van der Waals surface area contributed by atoms with Crippen LogP contribution in [0.5, 0.6) is 5.75 Å². The van der Waals surface area contributed by atoms with Gasteiger partial charge in [0.15, 0.2) is 5.75 Å². The minimum absolute atomic E-state index is 0.0791. The summed E-state index contributed by atoms with van der Waals surface area (Å²) >= 11 is 3.08. The summed E-state index contributed by atoms with van der Waals surface area (Å²) in [5.74, 6) is -0.0690. The molecule has 0 amide bonds. The number of hydrogen-bond acceptors (Lipinski definition) is 5. The maximum Gasteiger partial charge on any atom is 0.573 e. The summed E-state index contributed by atoms with van der Waals surface area (Å²) in [6, 6.07) is 7.15. The highest BCUT2D eigenvalue weighted by Crippen LogP contribution is 2.34. The lowest BCUT2D eigenvalue weighted by molar-refractivity contribution is -0.274. The second kappa shape index (κ2) is 5.68. The topological polar surface area (TPSA) is 86.2 Å². The monoisotopic (exact) mass is 362 g/mol. The highest BCUT2D eigenvalue weighted by molar-refractivity contribution is 9.10. The molecule has 112 valence electrons. The van der Waals surface area contributed by atoms with E-state index in [1.54, 1.807) is 6.07 Å². The molecule has 0 fully saturated rings. The fourth-order valence-electron chi connectivity index (χ4n) is 1.50. The summed E-state index contributed by atoms with van der Waals surface area (Å²) in [5.41, 5.74) is 11.4. The highest BCUT2D eigenvalue weighted by Gasteiger charge is 2.32.